The van der Waals surface area contributed by atoms with Crippen molar-refractivity contribution in [2.75, 3.05) is 20.2 Å². The summed E-state index contributed by atoms with van der Waals surface area (Å²) < 4.78 is 5.87. The van der Waals surface area contributed by atoms with Crippen LogP contribution in [0.2, 0.25) is 0 Å². The monoisotopic (exact) mass is 324 g/mol. The number of nitriles is 1. The minimum atomic E-state index is -0.175. The fourth-order valence-corrected chi connectivity index (χ4v) is 2.25. The van der Waals surface area contributed by atoms with Crippen LogP contribution in [0, 0.1) is 17.2 Å². The van der Waals surface area contributed by atoms with Crippen LogP contribution in [-0.2, 0) is 0 Å². The average Bonchev–Trinajstić information content (AvgIpc) is 2.43. The van der Waals surface area contributed by atoms with Crippen LogP contribution in [0.5, 0.6) is 5.75 Å². The van der Waals surface area contributed by atoms with Crippen molar-refractivity contribution in [1.82, 2.24) is 4.90 Å². The fraction of sp³-hybridized carbons (Fsp3) is 0.429. The minimum Gasteiger partial charge on any atom is -0.496 e. The lowest BCUT2D eigenvalue weighted by molar-refractivity contribution is 0.0752. The molecule has 0 fully saturated rings. The highest BCUT2D eigenvalue weighted by atomic mass is 79.9. The van der Waals surface area contributed by atoms with Crippen LogP contribution in [-0.4, -0.2) is 31.0 Å². The van der Waals surface area contributed by atoms with E-state index in [1.54, 1.807) is 37.1 Å². The van der Waals surface area contributed by atoms with Crippen molar-refractivity contribution >= 4 is 21.8 Å². The number of methoxy groups -OCH3 is 1. The molecule has 0 aromatic heterocycles. The number of hydrogen-bond donors (Lipinski definition) is 0. The summed E-state index contributed by atoms with van der Waals surface area (Å²) in [6.07, 6.45) is 0. The quantitative estimate of drug-likeness (QED) is 0.836. The van der Waals surface area contributed by atoms with Gasteiger partial charge in [0.25, 0.3) is 5.91 Å². The van der Waals surface area contributed by atoms with Crippen molar-refractivity contribution < 1.29 is 9.53 Å². The largest absolute Gasteiger partial charge is 0.496 e. The van der Waals surface area contributed by atoms with Gasteiger partial charge in [-0.15, -0.1) is 0 Å². The Kier molecular flexibility index (Phi) is 5.84. The van der Waals surface area contributed by atoms with E-state index in [-0.39, 0.29) is 11.8 Å². The van der Waals surface area contributed by atoms with Crippen LogP contribution in [0.4, 0.5) is 0 Å². The van der Waals surface area contributed by atoms with E-state index in [0.717, 1.165) is 4.47 Å². The predicted octanol–water partition coefficient (Wildman–Crippen LogP) is 3.08. The molecule has 0 spiro atoms. The Hall–Kier alpha value is -1.54. The Bertz CT molecular complexity index is 497. The maximum atomic E-state index is 12.3. The number of hydrogen-bond acceptors (Lipinski definition) is 3. The van der Waals surface area contributed by atoms with Crippen molar-refractivity contribution in [2.24, 2.45) is 5.92 Å². The van der Waals surface area contributed by atoms with Crippen molar-refractivity contribution in [3.05, 3.63) is 28.2 Å². The van der Waals surface area contributed by atoms with Crippen molar-refractivity contribution in [3.63, 3.8) is 0 Å². The van der Waals surface area contributed by atoms with Crippen molar-refractivity contribution in [2.45, 2.75) is 13.8 Å². The molecule has 1 amide bonds. The Morgan fingerprint density at radius 1 is 1.58 bits per heavy atom. The molecule has 0 radical (unpaired) electrons. The summed E-state index contributed by atoms with van der Waals surface area (Å²) in [4.78, 5) is 14.0. The Labute approximate surface area is 122 Å². The second-order valence-corrected chi connectivity index (χ2v) is 5.08. The number of nitrogens with zero attached hydrogens (tertiary/aromatic N) is 2. The fourth-order valence-electron chi connectivity index (χ4n) is 1.71. The van der Waals surface area contributed by atoms with E-state index in [2.05, 4.69) is 22.0 Å². The molecule has 5 heteroatoms. The maximum absolute atomic E-state index is 12.3. The summed E-state index contributed by atoms with van der Waals surface area (Å²) in [5.41, 5.74) is 0.583. The molecule has 102 valence electrons. The summed E-state index contributed by atoms with van der Waals surface area (Å²) in [7, 11) is 1.58. The SMILES string of the molecule is CCN(CC(C)C#N)C(=O)c1ccc(OC)c(Br)c1. The Morgan fingerprint density at radius 2 is 2.26 bits per heavy atom. The first-order valence-electron chi connectivity index (χ1n) is 6.05. The lowest BCUT2D eigenvalue weighted by Gasteiger charge is -2.22. The smallest absolute Gasteiger partial charge is 0.253 e. The zero-order valence-electron chi connectivity index (χ0n) is 11.3. The third kappa shape index (κ3) is 3.97. The second kappa shape index (κ2) is 7.15. The zero-order valence-corrected chi connectivity index (χ0v) is 12.9. The van der Waals surface area contributed by atoms with Gasteiger partial charge in [0.1, 0.15) is 5.75 Å². The van der Waals surface area contributed by atoms with Crippen molar-refractivity contribution in [3.8, 4) is 11.8 Å². The van der Waals surface area contributed by atoms with E-state index in [1.807, 2.05) is 6.92 Å². The molecule has 0 aliphatic rings. The first-order valence-corrected chi connectivity index (χ1v) is 6.85. The first kappa shape index (κ1) is 15.5. The van der Waals surface area contributed by atoms with Gasteiger partial charge in [0.15, 0.2) is 0 Å². The third-order valence-electron chi connectivity index (χ3n) is 2.78. The highest BCUT2D eigenvalue weighted by molar-refractivity contribution is 9.10. The molecule has 0 bridgehead atoms. The number of halogens is 1. The standard InChI is InChI=1S/C14H17BrN2O2/c1-4-17(9-10(2)8-16)14(18)11-5-6-13(19-3)12(15)7-11/h5-7,10H,4,9H2,1-3H3. The Balaban J connectivity index is 2.92. The van der Waals surface area contributed by atoms with Crippen LogP contribution in [0.3, 0.4) is 0 Å². The van der Waals surface area contributed by atoms with Crippen LogP contribution >= 0.6 is 15.9 Å². The third-order valence-corrected chi connectivity index (χ3v) is 3.40. The summed E-state index contributed by atoms with van der Waals surface area (Å²) in [5.74, 6) is 0.434. The minimum absolute atomic E-state index is 0.0760. The summed E-state index contributed by atoms with van der Waals surface area (Å²) in [5, 5.41) is 8.83. The summed E-state index contributed by atoms with van der Waals surface area (Å²) in [6, 6.07) is 7.36. The molecule has 19 heavy (non-hydrogen) atoms. The number of rotatable bonds is 5. The number of ether oxygens (including phenoxy) is 1. The zero-order chi connectivity index (χ0) is 14.4. The topological polar surface area (TPSA) is 53.3 Å². The molecule has 0 aliphatic heterocycles. The first-order chi connectivity index (χ1) is 9.03. The van der Waals surface area contributed by atoms with Crippen LogP contribution < -0.4 is 4.74 Å². The molecule has 1 rings (SSSR count). The molecule has 0 aliphatic carbocycles. The molecule has 0 N–H and O–H groups in total. The Morgan fingerprint density at radius 3 is 2.74 bits per heavy atom. The molecule has 0 saturated carbocycles. The van der Waals surface area contributed by atoms with Gasteiger partial charge in [-0.1, -0.05) is 0 Å². The van der Waals surface area contributed by atoms with E-state index in [4.69, 9.17) is 10.00 Å². The van der Waals surface area contributed by atoms with Gasteiger partial charge in [0, 0.05) is 18.7 Å². The highest BCUT2D eigenvalue weighted by Gasteiger charge is 2.17. The van der Waals surface area contributed by atoms with E-state index < -0.39 is 0 Å². The lowest BCUT2D eigenvalue weighted by Crippen LogP contribution is -2.34. The molecule has 1 aromatic carbocycles. The molecule has 1 atom stereocenters. The maximum Gasteiger partial charge on any atom is 0.253 e. The van der Waals surface area contributed by atoms with Gasteiger partial charge < -0.3 is 9.64 Å². The molecule has 0 heterocycles. The molecular formula is C14H17BrN2O2. The number of carbonyl (C=O) groups excluding carboxylic acids is 1. The highest BCUT2D eigenvalue weighted by Crippen LogP contribution is 2.26. The lowest BCUT2D eigenvalue weighted by atomic mass is 10.1. The van der Waals surface area contributed by atoms with Crippen LogP contribution in [0.25, 0.3) is 0 Å². The molecule has 4 nitrogen and oxygen atoms in total. The van der Waals surface area contributed by atoms with Crippen LogP contribution in [0.1, 0.15) is 24.2 Å². The van der Waals surface area contributed by atoms with E-state index in [1.165, 1.54) is 0 Å². The van der Waals surface area contributed by atoms with Gasteiger partial charge in [-0.05, 0) is 48.0 Å². The van der Waals surface area contributed by atoms with E-state index in [0.29, 0.717) is 24.4 Å². The number of amides is 1. The van der Waals surface area contributed by atoms with Gasteiger partial charge in [-0.2, -0.15) is 5.26 Å². The van der Waals surface area contributed by atoms with Crippen LogP contribution in [0.15, 0.2) is 22.7 Å². The van der Waals surface area contributed by atoms with Gasteiger partial charge in [-0.3, -0.25) is 4.79 Å². The average molecular weight is 325 g/mol. The van der Waals surface area contributed by atoms with Crippen molar-refractivity contribution in [1.29, 1.82) is 5.26 Å². The predicted molar refractivity (Wildman–Crippen MR) is 77.0 cm³/mol. The van der Waals surface area contributed by atoms with E-state index in [9.17, 15) is 4.79 Å². The van der Waals surface area contributed by atoms with Gasteiger partial charge >= 0.3 is 0 Å². The van der Waals surface area contributed by atoms with Gasteiger partial charge in [0.2, 0.25) is 0 Å². The second-order valence-electron chi connectivity index (χ2n) is 4.22. The summed E-state index contributed by atoms with van der Waals surface area (Å²) in [6.45, 7) is 4.73. The summed E-state index contributed by atoms with van der Waals surface area (Å²) >= 11 is 3.36. The van der Waals surface area contributed by atoms with Gasteiger partial charge in [-0.25, -0.2) is 0 Å². The molecule has 0 saturated heterocycles. The molecular weight excluding hydrogens is 308 g/mol. The van der Waals surface area contributed by atoms with E-state index >= 15 is 0 Å². The normalized spacial score (nSPS) is 11.5. The molecule has 1 aromatic rings. The number of benzene rings is 1. The number of carbonyl (C=O) groups is 1. The van der Waals surface area contributed by atoms with Gasteiger partial charge in [0.05, 0.1) is 23.6 Å². The molecule has 1 unspecified atom stereocenters.